The van der Waals surface area contributed by atoms with Gasteiger partial charge < -0.3 is 5.32 Å². The third kappa shape index (κ3) is 3.51. The molecule has 1 aromatic rings. The Balaban J connectivity index is 1.47. The van der Waals surface area contributed by atoms with Crippen LogP contribution in [0.4, 0.5) is 0 Å². The van der Waals surface area contributed by atoms with Crippen molar-refractivity contribution in [2.24, 2.45) is 0 Å². The molecule has 0 saturated heterocycles. The SMILES string of the molecule is ClC1CCC(NCc2ccn(C3CCCC3)n2)CC1. The molecule has 1 heterocycles. The molecule has 2 saturated carbocycles. The van der Waals surface area contributed by atoms with E-state index in [9.17, 15) is 0 Å². The first-order valence-corrected chi connectivity index (χ1v) is 8.16. The zero-order valence-corrected chi connectivity index (χ0v) is 12.3. The number of alkyl halides is 1. The number of hydrogen-bond acceptors (Lipinski definition) is 2. The number of rotatable bonds is 4. The van der Waals surface area contributed by atoms with Gasteiger partial charge in [-0.1, -0.05) is 12.8 Å². The standard InChI is InChI=1S/C15H24ClN3/c16-12-5-7-13(8-6-12)17-11-14-9-10-19(18-14)15-3-1-2-4-15/h9-10,12-13,15,17H,1-8,11H2. The van der Waals surface area contributed by atoms with Crippen LogP contribution in [0.25, 0.3) is 0 Å². The maximum absolute atomic E-state index is 6.13. The minimum absolute atomic E-state index is 0.402. The molecular formula is C15H24ClN3. The van der Waals surface area contributed by atoms with Gasteiger partial charge in [-0.3, -0.25) is 4.68 Å². The Morgan fingerprint density at radius 2 is 1.89 bits per heavy atom. The molecule has 4 heteroatoms. The van der Waals surface area contributed by atoms with E-state index in [2.05, 4.69) is 22.3 Å². The van der Waals surface area contributed by atoms with Gasteiger partial charge in [-0.25, -0.2) is 0 Å². The predicted molar refractivity (Wildman–Crippen MR) is 78.5 cm³/mol. The van der Waals surface area contributed by atoms with Crippen LogP contribution in [0.15, 0.2) is 12.3 Å². The number of nitrogens with one attached hydrogen (secondary N) is 1. The van der Waals surface area contributed by atoms with E-state index >= 15 is 0 Å². The topological polar surface area (TPSA) is 29.9 Å². The fraction of sp³-hybridized carbons (Fsp3) is 0.800. The average molecular weight is 282 g/mol. The van der Waals surface area contributed by atoms with E-state index in [1.54, 1.807) is 0 Å². The highest BCUT2D eigenvalue weighted by atomic mass is 35.5. The molecule has 3 nitrogen and oxygen atoms in total. The van der Waals surface area contributed by atoms with Crippen molar-refractivity contribution >= 4 is 11.6 Å². The molecule has 0 amide bonds. The van der Waals surface area contributed by atoms with Gasteiger partial charge in [0.1, 0.15) is 0 Å². The van der Waals surface area contributed by atoms with Crippen LogP contribution in [-0.4, -0.2) is 21.2 Å². The van der Waals surface area contributed by atoms with Crippen molar-refractivity contribution in [1.29, 1.82) is 0 Å². The van der Waals surface area contributed by atoms with Crippen molar-refractivity contribution in [2.75, 3.05) is 0 Å². The predicted octanol–water partition coefficient (Wildman–Crippen LogP) is 3.64. The summed E-state index contributed by atoms with van der Waals surface area (Å²) in [5, 5.41) is 8.75. The number of hydrogen-bond donors (Lipinski definition) is 1. The summed E-state index contributed by atoms with van der Waals surface area (Å²) in [4.78, 5) is 0. The molecule has 0 radical (unpaired) electrons. The monoisotopic (exact) mass is 281 g/mol. The Morgan fingerprint density at radius 3 is 2.63 bits per heavy atom. The van der Waals surface area contributed by atoms with Gasteiger partial charge in [-0.05, 0) is 44.6 Å². The molecule has 1 N–H and O–H groups in total. The molecule has 2 fully saturated rings. The van der Waals surface area contributed by atoms with Crippen LogP contribution < -0.4 is 5.32 Å². The smallest absolute Gasteiger partial charge is 0.0762 e. The van der Waals surface area contributed by atoms with Crippen molar-refractivity contribution in [3.05, 3.63) is 18.0 Å². The van der Waals surface area contributed by atoms with E-state index in [0.717, 1.165) is 19.4 Å². The summed E-state index contributed by atoms with van der Waals surface area (Å²) in [5.74, 6) is 0. The van der Waals surface area contributed by atoms with Crippen LogP contribution >= 0.6 is 11.6 Å². The van der Waals surface area contributed by atoms with Crippen LogP contribution in [0.2, 0.25) is 0 Å². The first-order valence-electron chi connectivity index (χ1n) is 7.73. The highest BCUT2D eigenvalue weighted by Crippen LogP contribution is 2.28. The van der Waals surface area contributed by atoms with Gasteiger partial charge >= 0.3 is 0 Å². The van der Waals surface area contributed by atoms with Gasteiger partial charge in [-0.2, -0.15) is 5.10 Å². The van der Waals surface area contributed by atoms with Gasteiger partial charge in [0.25, 0.3) is 0 Å². The maximum atomic E-state index is 6.13. The van der Waals surface area contributed by atoms with Crippen LogP contribution in [0.3, 0.4) is 0 Å². The second-order valence-corrected chi connectivity index (χ2v) is 6.67. The summed E-state index contributed by atoms with van der Waals surface area (Å²) < 4.78 is 2.18. The highest BCUT2D eigenvalue weighted by Gasteiger charge is 2.20. The summed E-state index contributed by atoms with van der Waals surface area (Å²) in [5.41, 5.74) is 1.18. The Morgan fingerprint density at radius 1 is 1.16 bits per heavy atom. The average Bonchev–Trinajstić information content (AvgIpc) is 3.09. The van der Waals surface area contributed by atoms with Crippen molar-refractivity contribution in [2.45, 2.75) is 75.4 Å². The molecule has 2 aliphatic rings. The molecule has 0 aromatic carbocycles. The molecule has 3 rings (SSSR count). The molecule has 19 heavy (non-hydrogen) atoms. The Hall–Kier alpha value is -0.540. The molecule has 0 atom stereocenters. The van der Waals surface area contributed by atoms with Gasteiger partial charge in [-0.15, -0.1) is 11.6 Å². The molecule has 0 bridgehead atoms. The quantitative estimate of drug-likeness (QED) is 0.854. The van der Waals surface area contributed by atoms with Crippen LogP contribution in [0.1, 0.15) is 63.1 Å². The van der Waals surface area contributed by atoms with Crippen molar-refractivity contribution in [3.8, 4) is 0 Å². The van der Waals surface area contributed by atoms with Crippen LogP contribution in [0, 0.1) is 0 Å². The first-order chi connectivity index (χ1) is 9.31. The van der Waals surface area contributed by atoms with Gasteiger partial charge in [0, 0.05) is 24.2 Å². The summed E-state index contributed by atoms with van der Waals surface area (Å²) in [6.07, 6.45) is 12.2. The lowest BCUT2D eigenvalue weighted by Crippen LogP contribution is -2.33. The molecule has 0 aliphatic heterocycles. The molecule has 2 aliphatic carbocycles. The number of nitrogens with zero attached hydrogens (tertiary/aromatic N) is 2. The van der Waals surface area contributed by atoms with Gasteiger partial charge in [0.05, 0.1) is 11.7 Å². The van der Waals surface area contributed by atoms with Crippen LogP contribution in [-0.2, 0) is 6.54 Å². The second-order valence-electron chi connectivity index (χ2n) is 6.06. The molecule has 1 aromatic heterocycles. The largest absolute Gasteiger partial charge is 0.308 e. The Bertz CT molecular complexity index is 390. The Labute approximate surface area is 120 Å². The minimum Gasteiger partial charge on any atom is -0.308 e. The molecular weight excluding hydrogens is 258 g/mol. The zero-order chi connectivity index (χ0) is 13.1. The second kappa shape index (κ2) is 6.27. The normalized spacial score (nSPS) is 28.9. The zero-order valence-electron chi connectivity index (χ0n) is 11.5. The number of aromatic nitrogens is 2. The van der Waals surface area contributed by atoms with E-state index in [0.29, 0.717) is 17.5 Å². The van der Waals surface area contributed by atoms with E-state index < -0.39 is 0 Å². The van der Waals surface area contributed by atoms with Crippen molar-refractivity contribution in [1.82, 2.24) is 15.1 Å². The fourth-order valence-electron chi connectivity index (χ4n) is 3.35. The minimum atomic E-state index is 0.402. The van der Waals surface area contributed by atoms with Crippen LogP contribution in [0.5, 0.6) is 0 Å². The summed E-state index contributed by atoms with van der Waals surface area (Å²) in [6, 6.07) is 3.45. The van der Waals surface area contributed by atoms with Gasteiger partial charge in [0.15, 0.2) is 0 Å². The van der Waals surface area contributed by atoms with Gasteiger partial charge in [0.2, 0.25) is 0 Å². The lowest BCUT2D eigenvalue weighted by Gasteiger charge is -2.25. The van der Waals surface area contributed by atoms with E-state index in [-0.39, 0.29) is 0 Å². The summed E-state index contributed by atoms with van der Waals surface area (Å²) in [6.45, 7) is 0.900. The summed E-state index contributed by atoms with van der Waals surface area (Å²) in [7, 11) is 0. The fourth-order valence-corrected chi connectivity index (χ4v) is 3.60. The van der Waals surface area contributed by atoms with Crippen molar-refractivity contribution < 1.29 is 0 Å². The molecule has 0 spiro atoms. The van der Waals surface area contributed by atoms with Crippen molar-refractivity contribution in [3.63, 3.8) is 0 Å². The molecule has 106 valence electrons. The highest BCUT2D eigenvalue weighted by molar-refractivity contribution is 6.20. The molecule has 0 unspecified atom stereocenters. The lowest BCUT2D eigenvalue weighted by molar-refractivity contribution is 0.372. The third-order valence-corrected chi connectivity index (χ3v) is 5.03. The third-order valence-electron chi connectivity index (χ3n) is 4.59. The van der Waals surface area contributed by atoms with E-state index in [4.69, 9.17) is 16.7 Å². The Kier molecular flexibility index (Phi) is 4.44. The summed E-state index contributed by atoms with van der Waals surface area (Å²) >= 11 is 6.13. The van der Waals surface area contributed by atoms with E-state index in [1.807, 2.05) is 0 Å². The first kappa shape index (κ1) is 13.4. The van der Waals surface area contributed by atoms with E-state index in [1.165, 1.54) is 44.2 Å². The maximum Gasteiger partial charge on any atom is 0.0762 e. The number of halogens is 1. The lowest BCUT2D eigenvalue weighted by atomic mass is 9.95.